The fourth-order valence-corrected chi connectivity index (χ4v) is 1.24. The van der Waals surface area contributed by atoms with Gasteiger partial charge in [0.2, 0.25) is 0 Å². The van der Waals surface area contributed by atoms with Crippen molar-refractivity contribution in [3.05, 3.63) is 33.3 Å². The Morgan fingerprint density at radius 1 is 0.917 bits per heavy atom. The van der Waals surface area contributed by atoms with Gasteiger partial charge in [-0.25, -0.2) is 0 Å². The largest absolute Gasteiger partial charge is 0.298 e. The van der Waals surface area contributed by atoms with Crippen LogP contribution in [-0.4, -0.2) is 12.6 Å². The minimum Gasteiger partial charge on any atom is -0.298 e. The van der Waals surface area contributed by atoms with Crippen molar-refractivity contribution in [2.24, 2.45) is 0 Å². The van der Waals surface area contributed by atoms with E-state index in [1.165, 1.54) is 12.1 Å². The van der Waals surface area contributed by atoms with Crippen molar-refractivity contribution in [2.75, 3.05) is 0 Å². The van der Waals surface area contributed by atoms with Crippen LogP contribution in [0.3, 0.4) is 0 Å². The van der Waals surface area contributed by atoms with Crippen LogP contribution >= 0.6 is 23.2 Å². The highest BCUT2D eigenvalue weighted by Gasteiger charge is 2.08. The van der Waals surface area contributed by atoms with E-state index in [2.05, 4.69) is 0 Å². The summed E-state index contributed by atoms with van der Waals surface area (Å²) in [5.41, 5.74) is 0.276. The first-order chi connectivity index (χ1) is 5.70. The molecule has 2 nitrogen and oxygen atoms in total. The summed E-state index contributed by atoms with van der Waals surface area (Å²) in [5.74, 6) is 0. The van der Waals surface area contributed by atoms with Crippen molar-refractivity contribution >= 4 is 35.8 Å². The minimum atomic E-state index is 0.138. The topological polar surface area (TPSA) is 34.1 Å². The fraction of sp³-hybridized carbons (Fsp3) is 0. The summed E-state index contributed by atoms with van der Waals surface area (Å²) in [5, 5.41) is 0.466. The van der Waals surface area contributed by atoms with Gasteiger partial charge in [0, 0.05) is 11.1 Å². The molecule has 0 bridgehead atoms. The lowest BCUT2D eigenvalue weighted by Crippen LogP contribution is -1.92. The number of hydrogen-bond donors (Lipinski definition) is 0. The number of carbonyl (C=O) groups is 2. The fourth-order valence-electron chi connectivity index (χ4n) is 0.823. The minimum absolute atomic E-state index is 0.138. The zero-order valence-corrected chi connectivity index (χ0v) is 7.39. The Morgan fingerprint density at radius 3 is 1.50 bits per heavy atom. The second-order valence-corrected chi connectivity index (χ2v) is 2.91. The molecule has 1 rings (SSSR count). The summed E-state index contributed by atoms with van der Waals surface area (Å²) in [6, 6.07) is 2.95. The van der Waals surface area contributed by atoms with Gasteiger partial charge in [0.1, 0.15) is 0 Å². The summed E-state index contributed by atoms with van der Waals surface area (Å²) < 4.78 is 0. The molecule has 62 valence electrons. The molecule has 0 unspecified atom stereocenters. The normalized spacial score (nSPS) is 9.50. The van der Waals surface area contributed by atoms with Gasteiger partial charge in [-0.05, 0) is 12.1 Å². The molecule has 0 aliphatic heterocycles. The van der Waals surface area contributed by atoms with Crippen molar-refractivity contribution in [3.8, 4) is 0 Å². The predicted molar refractivity (Wildman–Crippen MR) is 47.2 cm³/mol. The molecule has 0 spiro atoms. The van der Waals surface area contributed by atoms with E-state index < -0.39 is 0 Å². The molecular formula is C8H4Cl2O2. The highest BCUT2D eigenvalue weighted by atomic mass is 35.5. The van der Waals surface area contributed by atoms with Gasteiger partial charge in [0.05, 0.1) is 10.0 Å². The Morgan fingerprint density at radius 2 is 1.25 bits per heavy atom. The van der Waals surface area contributed by atoms with E-state index in [0.717, 1.165) is 0 Å². The van der Waals surface area contributed by atoms with E-state index >= 15 is 0 Å². The van der Waals surface area contributed by atoms with Crippen molar-refractivity contribution in [1.29, 1.82) is 0 Å². The molecule has 0 atom stereocenters. The average Bonchev–Trinajstić information content (AvgIpc) is 2.08. The summed E-state index contributed by atoms with van der Waals surface area (Å²) in [4.78, 5) is 20.9. The van der Waals surface area contributed by atoms with Crippen LogP contribution in [0.2, 0.25) is 10.0 Å². The van der Waals surface area contributed by atoms with Gasteiger partial charge < -0.3 is 0 Å². The molecule has 0 amide bonds. The van der Waals surface area contributed by atoms with Crippen LogP contribution < -0.4 is 0 Å². The van der Waals surface area contributed by atoms with Crippen LogP contribution in [0.5, 0.6) is 0 Å². The zero-order chi connectivity index (χ0) is 9.14. The van der Waals surface area contributed by atoms with E-state index in [9.17, 15) is 9.59 Å². The molecule has 0 aliphatic rings. The summed E-state index contributed by atoms with van der Waals surface area (Å²) in [6.07, 6.45) is 1.02. The number of rotatable bonds is 2. The molecule has 0 aliphatic carbocycles. The van der Waals surface area contributed by atoms with Gasteiger partial charge in [-0.15, -0.1) is 0 Å². The van der Waals surface area contributed by atoms with Crippen molar-refractivity contribution in [2.45, 2.75) is 0 Å². The van der Waals surface area contributed by atoms with Gasteiger partial charge in [0.25, 0.3) is 0 Å². The number of halogens is 2. The molecule has 4 heteroatoms. The van der Waals surface area contributed by atoms with E-state index in [4.69, 9.17) is 23.2 Å². The van der Waals surface area contributed by atoms with Crippen LogP contribution in [0.25, 0.3) is 0 Å². The molecule has 0 aromatic heterocycles. The summed E-state index contributed by atoms with van der Waals surface area (Å²) in [7, 11) is 0. The molecule has 0 heterocycles. The standard InChI is InChI=1S/C8H4Cl2O2/c9-7-1-2-8(10)6(4-12)5(7)3-11/h1-4H. The predicted octanol–water partition coefficient (Wildman–Crippen LogP) is 2.62. The lowest BCUT2D eigenvalue weighted by atomic mass is 10.1. The van der Waals surface area contributed by atoms with E-state index in [-0.39, 0.29) is 21.2 Å². The van der Waals surface area contributed by atoms with Gasteiger partial charge in [-0.1, -0.05) is 23.2 Å². The monoisotopic (exact) mass is 202 g/mol. The Labute approximate surface area is 79.1 Å². The van der Waals surface area contributed by atoms with Crippen molar-refractivity contribution < 1.29 is 9.59 Å². The maximum Gasteiger partial charge on any atom is 0.152 e. The molecular weight excluding hydrogens is 199 g/mol. The number of aldehydes is 2. The molecule has 0 fully saturated rings. The van der Waals surface area contributed by atoms with E-state index in [0.29, 0.717) is 12.6 Å². The van der Waals surface area contributed by atoms with Gasteiger partial charge in [0.15, 0.2) is 12.6 Å². The molecule has 0 saturated carbocycles. The number of carbonyl (C=O) groups excluding carboxylic acids is 2. The lowest BCUT2D eigenvalue weighted by molar-refractivity contribution is 0.109. The Bertz CT molecular complexity index is 301. The van der Waals surface area contributed by atoms with Crippen molar-refractivity contribution in [1.82, 2.24) is 0 Å². The average molecular weight is 203 g/mol. The second-order valence-electron chi connectivity index (χ2n) is 2.09. The second kappa shape index (κ2) is 3.70. The van der Waals surface area contributed by atoms with Crippen molar-refractivity contribution in [3.63, 3.8) is 0 Å². The van der Waals surface area contributed by atoms with Crippen LogP contribution in [0.15, 0.2) is 12.1 Å². The molecule has 1 aromatic rings. The highest BCUT2D eigenvalue weighted by Crippen LogP contribution is 2.23. The van der Waals surface area contributed by atoms with E-state index in [1.54, 1.807) is 0 Å². The maximum absolute atomic E-state index is 10.5. The third-order valence-electron chi connectivity index (χ3n) is 1.42. The third kappa shape index (κ3) is 1.49. The first-order valence-electron chi connectivity index (χ1n) is 3.09. The quantitative estimate of drug-likeness (QED) is 0.692. The van der Waals surface area contributed by atoms with E-state index in [1.807, 2.05) is 0 Å². The molecule has 0 radical (unpaired) electrons. The molecule has 0 N–H and O–H groups in total. The molecule has 12 heavy (non-hydrogen) atoms. The SMILES string of the molecule is O=Cc1c(Cl)ccc(Cl)c1C=O. The molecule has 0 saturated heterocycles. The summed E-state index contributed by atoms with van der Waals surface area (Å²) >= 11 is 11.3. The number of benzene rings is 1. The Balaban J connectivity index is 3.48. The third-order valence-corrected chi connectivity index (χ3v) is 2.08. The highest BCUT2D eigenvalue weighted by molar-refractivity contribution is 6.37. The van der Waals surface area contributed by atoms with Crippen LogP contribution in [0.1, 0.15) is 20.7 Å². The summed E-state index contributed by atoms with van der Waals surface area (Å²) in [6.45, 7) is 0. The Kier molecular flexibility index (Phi) is 2.84. The van der Waals surface area contributed by atoms with Gasteiger partial charge in [-0.2, -0.15) is 0 Å². The zero-order valence-electron chi connectivity index (χ0n) is 5.88. The molecule has 1 aromatic carbocycles. The first kappa shape index (κ1) is 9.23. The van der Waals surface area contributed by atoms with Gasteiger partial charge >= 0.3 is 0 Å². The smallest absolute Gasteiger partial charge is 0.152 e. The maximum atomic E-state index is 10.5. The van der Waals surface area contributed by atoms with Crippen LogP contribution in [0.4, 0.5) is 0 Å². The Hall–Kier alpha value is -0.860. The lowest BCUT2D eigenvalue weighted by Gasteiger charge is -2.00. The van der Waals surface area contributed by atoms with Crippen LogP contribution in [0, 0.1) is 0 Å². The first-order valence-corrected chi connectivity index (χ1v) is 3.84. The van der Waals surface area contributed by atoms with Crippen LogP contribution in [-0.2, 0) is 0 Å². The number of hydrogen-bond acceptors (Lipinski definition) is 2. The van der Waals surface area contributed by atoms with Gasteiger partial charge in [-0.3, -0.25) is 9.59 Å².